The largest absolute Gasteiger partial charge is 0.393 e. The van der Waals surface area contributed by atoms with Crippen molar-refractivity contribution in [2.24, 2.45) is 17.8 Å². The van der Waals surface area contributed by atoms with Crippen molar-refractivity contribution < 1.29 is 5.11 Å². The van der Waals surface area contributed by atoms with Gasteiger partial charge in [0.25, 0.3) is 0 Å². The van der Waals surface area contributed by atoms with Gasteiger partial charge in [0.15, 0.2) is 0 Å². The topological polar surface area (TPSA) is 23.5 Å². The third-order valence-electron chi connectivity index (χ3n) is 4.88. The van der Waals surface area contributed by atoms with Gasteiger partial charge in [-0.1, -0.05) is 26.0 Å². The number of hydrogen-bond acceptors (Lipinski definition) is 2. The van der Waals surface area contributed by atoms with Gasteiger partial charge >= 0.3 is 0 Å². The van der Waals surface area contributed by atoms with E-state index in [2.05, 4.69) is 57.0 Å². The van der Waals surface area contributed by atoms with Crippen molar-refractivity contribution in [1.29, 1.82) is 0 Å². The van der Waals surface area contributed by atoms with E-state index in [1.807, 2.05) is 0 Å². The molecule has 0 heterocycles. The Balaban J connectivity index is 2.00. The van der Waals surface area contributed by atoms with E-state index < -0.39 is 0 Å². The molecule has 2 nitrogen and oxygen atoms in total. The summed E-state index contributed by atoms with van der Waals surface area (Å²) in [5.74, 6) is 1.91. The molecule has 2 heteroatoms. The Hall–Kier alpha value is -1.02. The Morgan fingerprint density at radius 1 is 1.30 bits per heavy atom. The first kappa shape index (κ1) is 15.4. The zero-order valence-corrected chi connectivity index (χ0v) is 13.3. The van der Waals surface area contributed by atoms with Crippen molar-refractivity contribution in [2.75, 3.05) is 18.5 Å². The number of nitrogens with zero attached hydrogens (tertiary/aromatic N) is 1. The SMILES string of the molecule is Cc1cccc(N(C)CC2CC(C(C)C)CCC2O)c1. The number of benzene rings is 1. The van der Waals surface area contributed by atoms with E-state index >= 15 is 0 Å². The summed E-state index contributed by atoms with van der Waals surface area (Å²) >= 11 is 0. The molecule has 3 unspecified atom stereocenters. The molecule has 1 aromatic rings. The van der Waals surface area contributed by atoms with E-state index in [-0.39, 0.29) is 6.10 Å². The lowest BCUT2D eigenvalue weighted by Crippen LogP contribution is -2.38. The van der Waals surface area contributed by atoms with Crippen LogP contribution in [0.1, 0.15) is 38.7 Å². The van der Waals surface area contributed by atoms with Gasteiger partial charge in [0.1, 0.15) is 0 Å². The fourth-order valence-electron chi connectivity index (χ4n) is 3.41. The van der Waals surface area contributed by atoms with Gasteiger partial charge in [-0.3, -0.25) is 0 Å². The molecule has 1 fully saturated rings. The lowest BCUT2D eigenvalue weighted by atomic mass is 9.74. The minimum Gasteiger partial charge on any atom is -0.393 e. The second-order valence-electron chi connectivity index (χ2n) is 6.86. The standard InChI is InChI=1S/C18H29NO/c1-13(2)15-8-9-18(20)16(11-15)12-19(4)17-7-5-6-14(3)10-17/h5-7,10,13,15-16,18,20H,8-9,11-12H2,1-4H3. The van der Waals surface area contributed by atoms with Crippen LogP contribution in [0.2, 0.25) is 0 Å². The summed E-state index contributed by atoms with van der Waals surface area (Å²) in [4.78, 5) is 2.30. The number of aryl methyl sites for hydroxylation is 1. The van der Waals surface area contributed by atoms with E-state index in [1.165, 1.54) is 17.7 Å². The van der Waals surface area contributed by atoms with Gasteiger partial charge in [-0.25, -0.2) is 0 Å². The van der Waals surface area contributed by atoms with Crippen LogP contribution < -0.4 is 4.90 Å². The molecule has 1 aromatic carbocycles. The molecule has 112 valence electrons. The molecule has 1 saturated carbocycles. The smallest absolute Gasteiger partial charge is 0.0585 e. The number of aliphatic hydroxyl groups is 1. The third-order valence-corrected chi connectivity index (χ3v) is 4.88. The van der Waals surface area contributed by atoms with Crippen LogP contribution >= 0.6 is 0 Å². The first-order chi connectivity index (χ1) is 9.47. The number of anilines is 1. The van der Waals surface area contributed by atoms with Crippen molar-refractivity contribution >= 4 is 5.69 Å². The monoisotopic (exact) mass is 275 g/mol. The minimum absolute atomic E-state index is 0.128. The van der Waals surface area contributed by atoms with Crippen molar-refractivity contribution in [3.8, 4) is 0 Å². The quantitative estimate of drug-likeness (QED) is 0.902. The van der Waals surface area contributed by atoms with E-state index in [1.54, 1.807) is 0 Å². The number of rotatable bonds is 4. The zero-order valence-electron chi connectivity index (χ0n) is 13.3. The van der Waals surface area contributed by atoms with Gasteiger partial charge in [0.05, 0.1) is 6.10 Å². The summed E-state index contributed by atoms with van der Waals surface area (Å²) in [5.41, 5.74) is 2.54. The Labute approximate surface area is 123 Å². The van der Waals surface area contributed by atoms with E-state index in [4.69, 9.17) is 0 Å². The predicted molar refractivity (Wildman–Crippen MR) is 86.1 cm³/mol. The Morgan fingerprint density at radius 3 is 2.70 bits per heavy atom. The van der Waals surface area contributed by atoms with Crippen molar-refractivity contribution in [1.82, 2.24) is 0 Å². The Bertz CT molecular complexity index is 429. The second kappa shape index (κ2) is 6.62. The predicted octanol–water partition coefficient (Wildman–Crippen LogP) is 3.86. The van der Waals surface area contributed by atoms with Gasteiger partial charge in [0, 0.05) is 25.2 Å². The highest BCUT2D eigenvalue weighted by atomic mass is 16.3. The van der Waals surface area contributed by atoms with Crippen LogP contribution in [0.3, 0.4) is 0 Å². The normalized spacial score (nSPS) is 26.8. The molecular formula is C18H29NO. The Morgan fingerprint density at radius 2 is 2.05 bits per heavy atom. The van der Waals surface area contributed by atoms with Crippen LogP contribution in [0.25, 0.3) is 0 Å². The molecule has 0 amide bonds. The van der Waals surface area contributed by atoms with E-state index in [9.17, 15) is 5.11 Å². The zero-order chi connectivity index (χ0) is 14.7. The highest BCUT2D eigenvalue weighted by Crippen LogP contribution is 2.34. The molecular weight excluding hydrogens is 246 g/mol. The molecule has 0 aliphatic heterocycles. The average Bonchev–Trinajstić information content (AvgIpc) is 2.41. The van der Waals surface area contributed by atoms with Crippen LogP contribution in [-0.4, -0.2) is 24.8 Å². The first-order valence-electron chi connectivity index (χ1n) is 7.93. The average molecular weight is 275 g/mol. The lowest BCUT2D eigenvalue weighted by Gasteiger charge is -2.37. The molecule has 0 saturated heterocycles. The van der Waals surface area contributed by atoms with Crippen LogP contribution in [-0.2, 0) is 0 Å². The molecule has 1 N–H and O–H groups in total. The number of aliphatic hydroxyl groups excluding tert-OH is 1. The third kappa shape index (κ3) is 3.76. The number of hydrogen-bond donors (Lipinski definition) is 1. The maximum absolute atomic E-state index is 10.3. The molecule has 0 bridgehead atoms. The minimum atomic E-state index is -0.128. The molecule has 0 aromatic heterocycles. The van der Waals surface area contributed by atoms with Crippen molar-refractivity contribution in [3.05, 3.63) is 29.8 Å². The van der Waals surface area contributed by atoms with Crippen LogP contribution in [0.15, 0.2) is 24.3 Å². The van der Waals surface area contributed by atoms with Gasteiger partial charge < -0.3 is 10.0 Å². The summed E-state index contributed by atoms with van der Waals surface area (Å²) in [6, 6.07) is 8.61. The maximum atomic E-state index is 10.3. The van der Waals surface area contributed by atoms with Crippen molar-refractivity contribution in [3.63, 3.8) is 0 Å². The first-order valence-corrected chi connectivity index (χ1v) is 7.93. The fraction of sp³-hybridized carbons (Fsp3) is 0.667. The van der Waals surface area contributed by atoms with Crippen molar-refractivity contribution in [2.45, 2.75) is 46.1 Å². The second-order valence-corrected chi connectivity index (χ2v) is 6.86. The highest BCUT2D eigenvalue weighted by Gasteiger charge is 2.31. The van der Waals surface area contributed by atoms with Gasteiger partial charge in [0.2, 0.25) is 0 Å². The van der Waals surface area contributed by atoms with E-state index in [0.29, 0.717) is 5.92 Å². The fourth-order valence-corrected chi connectivity index (χ4v) is 3.41. The van der Waals surface area contributed by atoms with Crippen LogP contribution in [0.5, 0.6) is 0 Å². The molecule has 1 aliphatic carbocycles. The molecule has 3 atom stereocenters. The maximum Gasteiger partial charge on any atom is 0.0585 e. The summed E-state index contributed by atoms with van der Waals surface area (Å²) in [6.45, 7) is 7.70. The Kier molecular flexibility index (Phi) is 5.09. The van der Waals surface area contributed by atoms with E-state index in [0.717, 1.165) is 31.2 Å². The van der Waals surface area contributed by atoms with Gasteiger partial charge in [-0.05, 0) is 55.7 Å². The summed E-state index contributed by atoms with van der Waals surface area (Å²) in [6.07, 6.45) is 3.19. The van der Waals surface area contributed by atoms with Gasteiger partial charge in [-0.15, -0.1) is 0 Å². The summed E-state index contributed by atoms with van der Waals surface area (Å²) in [7, 11) is 2.14. The van der Waals surface area contributed by atoms with Gasteiger partial charge in [-0.2, -0.15) is 0 Å². The highest BCUT2D eigenvalue weighted by molar-refractivity contribution is 5.47. The molecule has 20 heavy (non-hydrogen) atoms. The summed E-state index contributed by atoms with van der Waals surface area (Å²) < 4.78 is 0. The lowest BCUT2D eigenvalue weighted by molar-refractivity contribution is 0.0414. The van der Waals surface area contributed by atoms with Crippen LogP contribution in [0.4, 0.5) is 5.69 Å². The van der Waals surface area contributed by atoms with Crippen LogP contribution in [0, 0.1) is 24.7 Å². The molecule has 2 rings (SSSR count). The molecule has 1 aliphatic rings. The molecule has 0 spiro atoms. The summed E-state index contributed by atoms with van der Waals surface area (Å²) in [5, 5.41) is 10.3. The molecule has 0 radical (unpaired) electrons.